The quantitative estimate of drug-likeness (QED) is 0.842. The molecule has 21 heavy (non-hydrogen) atoms. The van der Waals surface area contributed by atoms with Gasteiger partial charge in [0.1, 0.15) is 5.82 Å². The lowest BCUT2D eigenvalue weighted by Crippen LogP contribution is -2.46. The first kappa shape index (κ1) is 14.3. The largest absolute Gasteiger partial charge is 0.397 e. The van der Waals surface area contributed by atoms with Gasteiger partial charge in [-0.1, -0.05) is 6.42 Å². The molecular formula is C16H22FN3O. The maximum absolute atomic E-state index is 13.0. The van der Waals surface area contributed by atoms with Crippen LogP contribution in [0.2, 0.25) is 0 Å². The van der Waals surface area contributed by atoms with Gasteiger partial charge in [0.05, 0.1) is 17.9 Å². The van der Waals surface area contributed by atoms with Crippen LogP contribution in [0.4, 0.5) is 15.8 Å². The van der Waals surface area contributed by atoms with Crippen LogP contribution in [0.25, 0.3) is 0 Å². The second-order valence-electron chi connectivity index (χ2n) is 6.15. The van der Waals surface area contributed by atoms with E-state index in [1.165, 1.54) is 50.3 Å². The first-order valence-electron chi connectivity index (χ1n) is 7.72. The molecule has 1 aromatic rings. The number of halogens is 1. The molecule has 0 aromatic heterocycles. The van der Waals surface area contributed by atoms with Crippen molar-refractivity contribution in [2.24, 2.45) is 5.92 Å². The summed E-state index contributed by atoms with van der Waals surface area (Å²) >= 11 is 0. The number of hydrogen-bond acceptors (Lipinski definition) is 3. The molecule has 1 amide bonds. The van der Waals surface area contributed by atoms with Crippen LogP contribution >= 0.6 is 0 Å². The summed E-state index contributed by atoms with van der Waals surface area (Å²) in [5, 5.41) is 2.79. The smallest absolute Gasteiger partial charge is 0.238 e. The number of nitrogens with one attached hydrogen (secondary N) is 1. The third kappa shape index (κ3) is 3.18. The Morgan fingerprint density at radius 1 is 1.33 bits per heavy atom. The number of carbonyl (C=O) groups excluding carboxylic acids is 1. The molecule has 2 fully saturated rings. The van der Waals surface area contributed by atoms with Gasteiger partial charge in [0.25, 0.3) is 0 Å². The molecule has 2 atom stereocenters. The number of hydrogen-bond donors (Lipinski definition) is 2. The van der Waals surface area contributed by atoms with Crippen LogP contribution in [0.5, 0.6) is 0 Å². The Labute approximate surface area is 124 Å². The molecule has 1 saturated heterocycles. The Balaban J connectivity index is 1.61. The molecule has 1 heterocycles. The molecule has 4 nitrogen and oxygen atoms in total. The van der Waals surface area contributed by atoms with Gasteiger partial charge in [-0.2, -0.15) is 0 Å². The zero-order valence-corrected chi connectivity index (χ0v) is 12.1. The van der Waals surface area contributed by atoms with Crippen LogP contribution < -0.4 is 11.1 Å². The summed E-state index contributed by atoms with van der Waals surface area (Å²) in [6.07, 6.45) is 6.25. The Kier molecular flexibility index (Phi) is 4.10. The number of amides is 1. The van der Waals surface area contributed by atoms with Crippen LogP contribution in [0.1, 0.15) is 32.1 Å². The third-order valence-corrected chi connectivity index (χ3v) is 4.74. The minimum Gasteiger partial charge on any atom is -0.397 e. The summed E-state index contributed by atoms with van der Waals surface area (Å²) in [6, 6.07) is 4.61. The molecule has 3 N–H and O–H groups in total. The number of carbonyl (C=O) groups is 1. The van der Waals surface area contributed by atoms with E-state index in [0.717, 1.165) is 12.5 Å². The number of likely N-dealkylation sites (tertiary alicyclic amines) is 1. The highest BCUT2D eigenvalue weighted by Gasteiger charge is 2.35. The van der Waals surface area contributed by atoms with Gasteiger partial charge in [-0.25, -0.2) is 4.39 Å². The van der Waals surface area contributed by atoms with Crippen LogP contribution in [-0.4, -0.2) is 29.9 Å². The van der Waals surface area contributed by atoms with Crippen molar-refractivity contribution in [3.63, 3.8) is 0 Å². The zero-order chi connectivity index (χ0) is 14.8. The summed E-state index contributed by atoms with van der Waals surface area (Å²) < 4.78 is 13.0. The fourth-order valence-corrected chi connectivity index (χ4v) is 3.78. The average Bonchev–Trinajstić information content (AvgIpc) is 2.91. The Morgan fingerprint density at radius 3 is 2.95 bits per heavy atom. The minimum absolute atomic E-state index is 0.0686. The first-order chi connectivity index (χ1) is 10.1. The van der Waals surface area contributed by atoms with Crippen molar-refractivity contribution >= 4 is 17.3 Å². The van der Waals surface area contributed by atoms with Crippen LogP contribution in [-0.2, 0) is 4.79 Å². The second kappa shape index (κ2) is 6.02. The number of piperidine rings is 1. The van der Waals surface area contributed by atoms with E-state index in [0.29, 0.717) is 18.3 Å². The molecule has 2 aliphatic rings. The van der Waals surface area contributed by atoms with E-state index in [9.17, 15) is 9.18 Å². The monoisotopic (exact) mass is 291 g/mol. The molecule has 2 unspecified atom stereocenters. The zero-order valence-electron chi connectivity index (χ0n) is 12.1. The Morgan fingerprint density at radius 2 is 2.14 bits per heavy atom. The number of rotatable bonds is 3. The fourth-order valence-electron chi connectivity index (χ4n) is 3.78. The predicted molar refractivity (Wildman–Crippen MR) is 81.4 cm³/mol. The maximum Gasteiger partial charge on any atom is 0.238 e. The molecule has 0 radical (unpaired) electrons. The summed E-state index contributed by atoms with van der Waals surface area (Å²) in [5.74, 6) is 0.304. The van der Waals surface area contributed by atoms with E-state index in [1.807, 2.05) is 0 Å². The summed E-state index contributed by atoms with van der Waals surface area (Å²) in [6.45, 7) is 1.39. The van der Waals surface area contributed by atoms with E-state index in [4.69, 9.17) is 5.73 Å². The highest BCUT2D eigenvalue weighted by molar-refractivity contribution is 5.95. The topological polar surface area (TPSA) is 58.4 Å². The van der Waals surface area contributed by atoms with E-state index in [2.05, 4.69) is 10.2 Å². The van der Waals surface area contributed by atoms with Crippen LogP contribution in [0.15, 0.2) is 18.2 Å². The standard InChI is InChI=1S/C16H22FN3O/c17-12-6-7-14(13(18)9-12)19-16(21)10-20-8-2-4-11-3-1-5-15(11)20/h6-7,9,11,15H,1-5,8,10,18H2,(H,19,21). The molecule has 1 aliphatic heterocycles. The average molecular weight is 291 g/mol. The van der Waals surface area contributed by atoms with E-state index in [-0.39, 0.29) is 11.6 Å². The van der Waals surface area contributed by atoms with Crippen molar-refractivity contribution in [2.75, 3.05) is 24.1 Å². The molecule has 1 aliphatic carbocycles. The molecule has 3 rings (SSSR count). The Hall–Kier alpha value is -1.62. The van der Waals surface area contributed by atoms with Gasteiger partial charge in [-0.3, -0.25) is 9.69 Å². The van der Waals surface area contributed by atoms with Gasteiger partial charge in [-0.05, 0) is 56.3 Å². The van der Waals surface area contributed by atoms with Crippen LogP contribution in [0, 0.1) is 11.7 Å². The fraction of sp³-hybridized carbons (Fsp3) is 0.562. The lowest BCUT2D eigenvalue weighted by Gasteiger charge is -2.37. The summed E-state index contributed by atoms with van der Waals surface area (Å²) in [7, 11) is 0. The van der Waals surface area contributed by atoms with Crippen molar-refractivity contribution in [3.05, 3.63) is 24.0 Å². The Bertz CT molecular complexity index is 534. The van der Waals surface area contributed by atoms with Crippen molar-refractivity contribution in [3.8, 4) is 0 Å². The number of nitrogens with zero attached hydrogens (tertiary/aromatic N) is 1. The number of benzene rings is 1. The number of fused-ring (bicyclic) bond motifs is 1. The lowest BCUT2D eigenvalue weighted by molar-refractivity contribution is -0.118. The number of nitrogen functional groups attached to an aromatic ring is 1. The van der Waals surface area contributed by atoms with Gasteiger partial charge in [-0.15, -0.1) is 0 Å². The molecule has 1 aromatic carbocycles. The second-order valence-corrected chi connectivity index (χ2v) is 6.15. The third-order valence-electron chi connectivity index (χ3n) is 4.74. The normalized spacial score (nSPS) is 25.6. The highest BCUT2D eigenvalue weighted by atomic mass is 19.1. The van der Waals surface area contributed by atoms with E-state index >= 15 is 0 Å². The van der Waals surface area contributed by atoms with Crippen molar-refractivity contribution in [2.45, 2.75) is 38.1 Å². The predicted octanol–water partition coefficient (Wildman–Crippen LogP) is 2.61. The van der Waals surface area contributed by atoms with Gasteiger partial charge in [0, 0.05) is 6.04 Å². The summed E-state index contributed by atoms with van der Waals surface area (Å²) in [4.78, 5) is 14.5. The van der Waals surface area contributed by atoms with E-state index < -0.39 is 5.82 Å². The lowest BCUT2D eigenvalue weighted by atomic mass is 9.92. The van der Waals surface area contributed by atoms with Crippen molar-refractivity contribution in [1.29, 1.82) is 0 Å². The first-order valence-corrected chi connectivity index (χ1v) is 7.72. The molecular weight excluding hydrogens is 269 g/mol. The van der Waals surface area contributed by atoms with Gasteiger partial charge in [0.15, 0.2) is 0 Å². The molecule has 114 valence electrons. The SMILES string of the molecule is Nc1cc(F)ccc1NC(=O)CN1CCCC2CCCC21. The van der Waals surface area contributed by atoms with Gasteiger partial charge < -0.3 is 11.1 Å². The minimum atomic E-state index is -0.393. The van der Waals surface area contributed by atoms with Crippen molar-refractivity contribution in [1.82, 2.24) is 4.90 Å². The molecule has 5 heteroatoms. The highest BCUT2D eigenvalue weighted by Crippen LogP contribution is 2.36. The molecule has 0 spiro atoms. The number of anilines is 2. The van der Waals surface area contributed by atoms with Crippen molar-refractivity contribution < 1.29 is 9.18 Å². The number of nitrogens with two attached hydrogens (primary N) is 1. The van der Waals surface area contributed by atoms with E-state index in [1.54, 1.807) is 0 Å². The van der Waals surface area contributed by atoms with Gasteiger partial charge in [0.2, 0.25) is 5.91 Å². The van der Waals surface area contributed by atoms with Gasteiger partial charge >= 0.3 is 0 Å². The van der Waals surface area contributed by atoms with Crippen LogP contribution in [0.3, 0.4) is 0 Å². The molecule has 1 saturated carbocycles. The summed E-state index contributed by atoms with van der Waals surface area (Å²) in [5.41, 5.74) is 6.47. The molecule has 0 bridgehead atoms. The maximum atomic E-state index is 13.0.